The highest BCUT2D eigenvalue weighted by Crippen LogP contribution is 2.22. The highest BCUT2D eigenvalue weighted by atomic mass is 17.2. The number of carbonyl (C=O) groups is 1. The summed E-state index contributed by atoms with van der Waals surface area (Å²) in [6.07, 6.45) is 4.79. The fourth-order valence-electron chi connectivity index (χ4n) is 1.24. The van der Waals surface area contributed by atoms with Crippen LogP contribution in [-0.2, 0) is 14.6 Å². The minimum atomic E-state index is -0.275. The third-order valence-corrected chi connectivity index (χ3v) is 1.98. The van der Waals surface area contributed by atoms with Crippen molar-refractivity contribution in [3.05, 3.63) is 0 Å². The minimum Gasteiger partial charge on any atom is -0.299 e. The van der Waals surface area contributed by atoms with Crippen LogP contribution in [0.4, 0.5) is 0 Å². The third-order valence-electron chi connectivity index (χ3n) is 1.98. The smallest absolute Gasteiger partial charge is 0.299 e. The van der Waals surface area contributed by atoms with E-state index >= 15 is 0 Å². The molecule has 3 nitrogen and oxygen atoms in total. The van der Waals surface area contributed by atoms with Gasteiger partial charge in [-0.15, -0.1) is 0 Å². The van der Waals surface area contributed by atoms with Crippen molar-refractivity contribution in [1.82, 2.24) is 0 Å². The number of carbonyl (C=O) groups excluding carboxylic acids is 1. The zero-order valence-corrected chi connectivity index (χ0v) is 9.76. The largest absolute Gasteiger partial charge is 0.342 e. The maximum Gasteiger partial charge on any atom is 0.342 e. The summed E-state index contributed by atoms with van der Waals surface area (Å²) in [5.41, 5.74) is 0.396. The van der Waals surface area contributed by atoms with E-state index in [9.17, 15) is 4.79 Å². The van der Waals surface area contributed by atoms with Gasteiger partial charge in [0.05, 0.1) is 7.11 Å². The maximum absolute atomic E-state index is 10.9. The summed E-state index contributed by atoms with van der Waals surface area (Å²) in [5.74, 6) is -0.275. The molecule has 0 fully saturated rings. The fourth-order valence-corrected chi connectivity index (χ4v) is 1.24. The van der Waals surface area contributed by atoms with E-state index in [4.69, 9.17) is 0 Å². The summed E-state index contributed by atoms with van der Waals surface area (Å²) in [6, 6.07) is 0. The molecule has 0 aromatic rings. The molecule has 3 heteroatoms. The number of hydrogen-bond donors (Lipinski definition) is 0. The van der Waals surface area contributed by atoms with Crippen molar-refractivity contribution < 1.29 is 14.6 Å². The van der Waals surface area contributed by atoms with Crippen molar-refractivity contribution in [3.8, 4) is 0 Å². The van der Waals surface area contributed by atoms with Crippen LogP contribution in [0.2, 0.25) is 0 Å². The summed E-state index contributed by atoms with van der Waals surface area (Å²) in [7, 11) is 1.34. The summed E-state index contributed by atoms with van der Waals surface area (Å²) < 4.78 is 0. The predicted octanol–water partition coefficient (Wildman–Crippen LogP) is 3.09. The molecule has 0 aromatic heterocycles. The Bertz CT molecular complexity index is 158. The number of hydrogen-bond acceptors (Lipinski definition) is 3. The summed E-state index contributed by atoms with van der Waals surface area (Å²) >= 11 is 0. The SMILES string of the molecule is COOC(=O)CCCCCC(C)(C)C. The van der Waals surface area contributed by atoms with Crippen LogP contribution >= 0.6 is 0 Å². The van der Waals surface area contributed by atoms with Gasteiger partial charge < -0.3 is 0 Å². The molecular formula is C11H22O3. The van der Waals surface area contributed by atoms with Gasteiger partial charge in [0, 0.05) is 6.42 Å². The first kappa shape index (κ1) is 13.4. The average Bonchev–Trinajstić information content (AvgIpc) is 2.02. The van der Waals surface area contributed by atoms with Gasteiger partial charge in [-0.05, 0) is 18.3 Å². The second-order valence-corrected chi connectivity index (χ2v) is 4.74. The van der Waals surface area contributed by atoms with Crippen molar-refractivity contribution in [2.24, 2.45) is 5.41 Å². The maximum atomic E-state index is 10.9. The first-order chi connectivity index (χ1) is 6.45. The van der Waals surface area contributed by atoms with Gasteiger partial charge in [-0.1, -0.05) is 33.6 Å². The van der Waals surface area contributed by atoms with E-state index in [-0.39, 0.29) is 5.97 Å². The van der Waals surface area contributed by atoms with Gasteiger partial charge in [0.2, 0.25) is 0 Å². The van der Waals surface area contributed by atoms with Crippen molar-refractivity contribution in [2.45, 2.75) is 52.9 Å². The molecule has 0 atom stereocenters. The lowest BCUT2D eigenvalue weighted by Crippen LogP contribution is -2.05. The molecule has 0 saturated carbocycles. The van der Waals surface area contributed by atoms with Crippen molar-refractivity contribution >= 4 is 5.97 Å². The second-order valence-electron chi connectivity index (χ2n) is 4.74. The molecule has 0 N–H and O–H groups in total. The first-order valence-electron chi connectivity index (χ1n) is 5.19. The van der Waals surface area contributed by atoms with Crippen LogP contribution in [0, 0.1) is 5.41 Å². The highest BCUT2D eigenvalue weighted by Gasteiger charge is 2.09. The van der Waals surface area contributed by atoms with E-state index in [0.29, 0.717) is 11.8 Å². The summed E-state index contributed by atoms with van der Waals surface area (Å²) in [5, 5.41) is 0. The molecule has 0 aliphatic carbocycles. The Morgan fingerprint density at radius 1 is 1.14 bits per heavy atom. The zero-order valence-electron chi connectivity index (χ0n) is 9.76. The molecule has 0 aliphatic rings. The van der Waals surface area contributed by atoms with Crippen LogP contribution in [-0.4, -0.2) is 13.1 Å². The Morgan fingerprint density at radius 3 is 2.29 bits per heavy atom. The minimum absolute atomic E-state index is 0.275. The molecule has 0 rings (SSSR count). The second kappa shape index (κ2) is 6.82. The van der Waals surface area contributed by atoms with Gasteiger partial charge in [-0.2, -0.15) is 4.89 Å². The molecule has 0 saturated heterocycles. The van der Waals surface area contributed by atoms with Crippen LogP contribution in [0.3, 0.4) is 0 Å². The van der Waals surface area contributed by atoms with E-state index in [1.54, 1.807) is 0 Å². The lowest BCUT2D eigenvalue weighted by atomic mass is 9.89. The average molecular weight is 202 g/mol. The van der Waals surface area contributed by atoms with Crippen LogP contribution in [0.5, 0.6) is 0 Å². The van der Waals surface area contributed by atoms with Gasteiger partial charge in [0.1, 0.15) is 0 Å². The normalized spacial score (nSPS) is 11.4. The van der Waals surface area contributed by atoms with E-state index < -0.39 is 0 Å². The Morgan fingerprint density at radius 2 is 1.79 bits per heavy atom. The first-order valence-corrected chi connectivity index (χ1v) is 5.19. The predicted molar refractivity (Wildman–Crippen MR) is 55.6 cm³/mol. The molecule has 14 heavy (non-hydrogen) atoms. The molecule has 0 aliphatic heterocycles. The highest BCUT2D eigenvalue weighted by molar-refractivity contribution is 5.68. The van der Waals surface area contributed by atoms with Crippen molar-refractivity contribution in [2.75, 3.05) is 7.11 Å². The van der Waals surface area contributed by atoms with Crippen LogP contribution in [0.15, 0.2) is 0 Å². The quantitative estimate of drug-likeness (QED) is 0.377. The van der Waals surface area contributed by atoms with E-state index in [2.05, 4.69) is 30.5 Å². The molecule has 0 amide bonds. The van der Waals surface area contributed by atoms with Crippen molar-refractivity contribution in [1.29, 1.82) is 0 Å². The Labute approximate surface area is 86.7 Å². The Hall–Kier alpha value is -0.570. The lowest BCUT2D eigenvalue weighted by Gasteiger charge is -2.17. The molecule has 0 spiro atoms. The Kier molecular flexibility index (Phi) is 6.54. The van der Waals surface area contributed by atoms with Crippen LogP contribution < -0.4 is 0 Å². The van der Waals surface area contributed by atoms with E-state index in [0.717, 1.165) is 12.8 Å². The lowest BCUT2D eigenvalue weighted by molar-refractivity contribution is -0.255. The fraction of sp³-hybridized carbons (Fsp3) is 0.909. The van der Waals surface area contributed by atoms with Gasteiger partial charge in [-0.3, -0.25) is 4.89 Å². The van der Waals surface area contributed by atoms with Gasteiger partial charge in [0.15, 0.2) is 0 Å². The topological polar surface area (TPSA) is 35.5 Å². The Balaban J connectivity index is 3.26. The zero-order chi connectivity index (χ0) is 11.0. The molecule has 0 bridgehead atoms. The number of rotatable bonds is 6. The van der Waals surface area contributed by atoms with E-state index in [1.807, 2.05) is 0 Å². The molecule has 0 radical (unpaired) electrons. The standard InChI is InChI=1S/C11H22O3/c1-11(2,3)9-7-5-6-8-10(12)14-13-4/h5-9H2,1-4H3. The molecular weight excluding hydrogens is 180 g/mol. The molecule has 0 aromatic carbocycles. The van der Waals surface area contributed by atoms with Gasteiger partial charge >= 0.3 is 5.97 Å². The monoisotopic (exact) mass is 202 g/mol. The summed E-state index contributed by atoms with van der Waals surface area (Å²) in [6.45, 7) is 6.69. The molecule has 0 heterocycles. The van der Waals surface area contributed by atoms with Crippen molar-refractivity contribution in [3.63, 3.8) is 0 Å². The molecule has 0 unspecified atom stereocenters. The van der Waals surface area contributed by atoms with Crippen LogP contribution in [0.1, 0.15) is 52.9 Å². The van der Waals surface area contributed by atoms with E-state index in [1.165, 1.54) is 20.0 Å². The summed E-state index contributed by atoms with van der Waals surface area (Å²) in [4.78, 5) is 19.5. The number of unbranched alkanes of at least 4 members (excludes halogenated alkanes) is 2. The molecule has 84 valence electrons. The third kappa shape index (κ3) is 9.52. The van der Waals surface area contributed by atoms with Gasteiger partial charge in [-0.25, -0.2) is 4.79 Å². The van der Waals surface area contributed by atoms with Crippen LogP contribution in [0.25, 0.3) is 0 Å². The van der Waals surface area contributed by atoms with Gasteiger partial charge in [0.25, 0.3) is 0 Å².